The van der Waals surface area contributed by atoms with Crippen LogP contribution in [0.4, 0.5) is 23.0 Å². The molecule has 3 rings (SSSR count). The van der Waals surface area contributed by atoms with Crippen LogP contribution in [0.5, 0.6) is 0 Å². The number of benzene rings is 1. The number of aromatic nitrogens is 2. The van der Waals surface area contributed by atoms with Crippen LogP contribution in [0, 0.1) is 0 Å². The zero-order valence-corrected chi connectivity index (χ0v) is 12.0. The molecule has 0 spiro atoms. The fourth-order valence-electron chi connectivity index (χ4n) is 2.57. The first-order chi connectivity index (χ1) is 10.3. The highest BCUT2D eigenvalue weighted by Gasteiger charge is 2.17. The second-order valence-corrected chi connectivity index (χ2v) is 4.97. The Balaban J connectivity index is 1.92. The molecule has 0 bridgehead atoms. The van der Waals surface area contributed by atoms with E-state index < -0.39 is 0 Å². The largest absolute Gasteiger partial charge is 0.397 e. The summed E-state index contributed by atoms with van der Waals surface area (Å²) in [4.78, 5) is 10.4. The van der Waals surface area contributed by atoms with E-state index in [0.29, 0.717) is 17.3 Å². The molecule has 1 aliphatic heterocycles. The van der Waals surface area contributed by atoms with E-state index in [1.165, 1.54) is 11.3 Å². The molecule has 6 nitrogen and oxygen atoms in total. The molecule has 21 heavy (non-hydrogen) atoms. The van der Waals surface area contributed by atoms with Crippen LogP contribution in [0.1, 0.15) is 18.9 Å². The Bertz CT molecular complexity index is 653. The number of fused-ring (bicyclic) bond motifs is 1. The van der Waals surface area contributed by atoms with Crippen molar-refractivity contribution in [2.45, 2.75) is 19.8 Å². The lowest BCUT2D eigenvalue weighted by Crippen LogP contribution is -2.28. The first-order valence-corrected chi connectivity index (χ1v) is 7.14. The number of aryl methyl sites for hydroxylation is 1. The van der Waals surface area contributed by atoms with Crippen molar-refractivity contribution in [3.05, 3.63) is 36.2 Å². The van der Waals surface area contributed by atoms with E-state index in [4.69, 9.17) is 5.73 Å². The van der Waals surface area contributed by atoms with Crippen LogP contribution in [0.15, 0.2) is 40.8 Å². The van der Waals surface area contributed by atoms with Gasteiger partial charge in [0.2, 0.25) is 0 Å². The quantitative estimate of drug-likeness (QED) is 0.692. The summed E-state index contributed by atoms with van der Waals surface area (Å²) in [5.74, 6) is 0.338. The Hall–Kier alpha value is -2.50. The fourth-order valence-corrected chi connectivity index (χ4v) is 2.57. The molecule has 0 fully saturated rings. The number of hydrogen-bond donors (Lipinski definition) is 1. The summed E-state index contributed by atoms with van der Waals surface area (Å²) in [6, 6.07) is 5.77. The van der Waals surface area contributed by atoms with Crippen LogP contribution < -0.4 is 10.6 Å². The molecule has 0 atom stereocenters. The van der Waals surface area contributed by atoms with E-state index in [1.807, 2.05) is 12.1 Å². The third-order valence-electron chi connectivity index (χ3n) is 3.62. The maximum absolute atomic E-state index is 6.10. The Morgan fingerprint density at radius 3 is 2.81 bits per heavy atom. The van der Waals surface area contributed by atoms with Gasteiger partial charge in [0.25, 0.3) is 5.95 Å². The number of azo groups is 1. The normalized spacial score (nSPS) is 14.4. The van der Waals surface area contributed by atoms with Crippen molar-refractivity contribution in [3.63, 3.8) is 0 Å². The first-order valence-electron chi connectivity index (χ1n) is 7.14. The molecule has 0 saturated carbocycles. The second kappa shape index (κ2) is 5.87. The molecular weight excluding hydrogens is 264 g/mol. The lowest BCUT2D eigenvalue weighted by molar-refractivity contribution is 0.708. The van der Waals surface area contributed by atoms with Crippen molar-refractivity contribution in [1.82, 2.24) is 9.97 Å². The van der Waals surface area contributed by atoms with Gasteiger partial charge in [-0.15, -0.1) is 10.2 Å². The van der Waals surface area contributed by atoms with Gasteiger partial charge in [-0.3, -0.25) is 0 Å². The summed E-state index contributed by atoms with van der Waals surface area (Å²) >= 11 is 0. The maximum atomic E-state index is 6.10. The Labute approximate surface area is 123 Å². The minimum absolute atomic E-state index is 0.338. The predicted molar refractivity (Wildman–Crippen MR) is 83.3 cm³/mol. The van der Waals surface area contributed by atoms with Gasteiger partial charge in [0.05, 0.1) is 5.69 Å². The molecule has 0 saturated heterocycles. The lowest BCUT2D eigenvalue weighted by Gasteiger charge is -2.30. The monoisotopic (exact) mass is 282 g/mol. The first kappa shape index (κ1) is 13.5. The van der Waals surface area contributed by atoms with E-state index in [2.05, 4.69) is 32.0 Å². The molecule has 0 unspecified atom stereocenters. The summed E-state index contributed by atoms with van der Waals surface area (Å²) in [5.41, 5.74) is 9.91. The molecule has 108 valence electrons. The van der Waals surface area contributed by atoms with Crippen LogP contribution in [0.3, 0.4) is 0 Å². The molecule has 0 aliphatic carbocycles. The molecule has 1 aliphatic rings. The van der Waals surface area contributed by atoms with Gasteiger partial charge in [-0.25, -0.2) is 9.97 Å². The number of rotatable bonds is 3. The van der Waals surface area contributed by atoms with Gasteiger partial charge in [-0.1, -0.05) is 0 Å². The fraction of sp³-hybridized carbons (Fsp3) is 0.333. The van der Waals surface area contributed by atoms with Gasteiger partial charge in [0, 0.05) is 31.2 Å². The average Bonchev–Trinajstić information content (AvgIpc) is 2.53. The van der Waals surface area contributed by atoms with Crippen LogP contribution in [0.2, 0.25) is 0 Å². The van der Waals surface area contributed by atoms with Gasteiger partial charge in [-0.05, 0) is 43.5 Å². The van der Waals surface area contributed by atoms with Gasteiger partial charge < -0.3 is 10.6 Å². The SMILES string of the molecule is CCN1CCCc2cc(N=Nc3ncccn3)c(N)cc21. The molecule has 1 aromatic heterocycles. The molecule has 0 radical (unpaired) electrons. The van der Waals surface area contributed by atoms with E-state index in [1.54, 1.807) is 18.5 Å². The average molecular weight is 282 g/mol. The number of anilines is 2. The van der Waals surface area contributed by atoms with Crippen molar-refractivity contribution < 1.29 is 0 Å². The molecular formula is C15H18N6. The van der Waals surface area contributed by atoms with Gasteiger partial charge >= 0.3 is 0 Å². The van der Waals surface area contributed by atoms with Crippen molar-refractivity contribution in [2.75, 3.05) is 23.7 Å². The number of nitrogens with two attached hydrogens (primary N) is 1. The minimum atomic E-state index is 0.338. The zero-order valence-electron chi connectivity index (χ0n) is 12.0. The third-order valence-corrected chi connectivity index (χ3v) is 3.62. The van der Waals surface area contributed by atoms with E-state index in [-0.39, 0.29) is 0 Å². The second-order valence-electron chi connectivity index (χ2n) is 4.97. The topological polar surface area (TPSA) is 79.8 Å². The lowest BCUT2D eigenvalue weighted by atomic mass is 10.0. The zero-order chi connectivity index (χ0) is 14.7. The van der Waals surface area contributed by atoms with E-state index in [9.17, 15) is 0 Å². The highest BCUT2D eigenvalue weighted by Crippen LogP contribution is 2.35. The predicted octanol–water partition coefficient (Wildman–Crippen LogP) is 3.25. The molecule has 1 aromatic carbocycles. The summed E-state index contributed by atoms with van der Waals surface area (Å²) in [7, 11) is 0. The maximum Gasteiger partial charge on any atom is 0.268 e. The summed E-state index contributed by atoms with van der Waals surface area (Å²) in [6.07, 6.45) is 5.48. The van der Waals surface area contributed by atoms with Gasteiger partial charge in [0.15, 0.2) is 0 Å². The van der Waals surface area contributed by atoms with Crippen LogP contribution in [-0.2, 0) is 6.42 Å². The Kier molecular flexibility index (Phi) is 3.77. The van der Waals surface area contributed by atoms with Crippen LogP contribution in [0.25, 0.3) is 0 Å². The highest BCUT2D eigenvalue weighted by atomic mass is 15.2. The summed E-state index contributed by atoms with van der Waals surface area (Å²) < 4.78 is 0. The Morgan fingerprint density at radius 1 is 1.24 bits per heavy atom. The molecule has 2 heterocycles. The number of hydrogen-bond acceptors (Lipinski definition) is 6. The molecule has 2 aromatic rings. The third kappa shape index (κ3) is 2.84. The summed E-state index contributed by atoms with van der Waals surface area (Å²) in [5, 5.41) is 8.23. The molecule has 6 heteroatoms. The van der Waals surface area contributed by atoms with Gasteiger partial charge in [-0.2, -0.15) is 0 Å². The summed E-state index contributed by atoms with van der Waals surface area (Å²) in [6.45, 7) is 4.23. The highest BCUT2D eigenvalue weighted by molar-refractivity contribution is 5.73. The molecule has 2 N–H and O–H groups in total. The van der Waals surface area contributed by atoms with Crippen LogP contribution >= 0.6 is 0 Å². The van der Waals surface area contributed by atoms with E-state index in [0.717, 1.165) is 25.9 Å². The van der Waals surface area contributed by atoms with Gasteiger partial charge in [0.1, 0.15) is 5.69 Å². The van der Waals surface area contributed by atoms with Crippen molar-refractivity contribution in [1.29, 1.82) is 0 Å². The van der Waals surface area contributed by atoms with Crippen molar-refractivity contribution in [2.24, 2.45) is 10.2 Å². The van der Waals surface area contributed by atoms with Crippen molar-refractivity contribution in [3.8, 4) is 0 Å². The molecule has 0 amide bonds. The van der Waals surface area contributed by atoms with Crippen molar-refractivity contribution >= 4 is 23.0 Å². The Morgan fingerprint density at radius 2 is 2.05 bits per heavy atom. The number of nitrogens with zero attached hydrogens (tertiary/aromatic N) is 5. The van der Waals surface area contributed by atoms with E-state index >= 15 is 0 Å². The van der Waals surface area contributed by atoms with Crippen LogP contribution in [-0.4, -0.2) is 23.1 Å². The smallest absolute Gasteiger partial charge is 0.268 e. The minimum Gasteiger partial charge on any atom is -0.397 e. The number of nitrogen functional groups attached to an aromatic ring is 1. The standard InChI is InChI=1S/C15H18N6/c1-2-21-8-3-5-11-9-13(12(16)10-14(11)21)19-20-15-17-6-4-7-18-15/h4,6-7,9-10H,2-3,5,8,16H2,1H3.